The van der Waals surface area contributed by atoms with Crippen molar-refractivity contribution >= 4 is 40.9 Å². The summed E-state index contributed by atoms with van der Waals surface area (Å²) < 4.78 is 55.4. The molecule has 0 saturated heterocycles. The smallest absolute Gasteiger partial charge is 0.255 e. The van der Waals surface area contributed by atoms with Gasteiger partial charge in [-0.15, -0.1) is 6.58 Å². The molecule has 1 fully saturated rings. The van der Waals surface area contributed by atoms with Crippen LogP contribution < -0.4 is 10.0 Å². The van der Waals surface area contributed by atoms with Gasteiger partial charge in [-0.1, -0.05) is 26.8 Å². The van der Waals surface area contributed by atoms with Gasteiger partial charge < -0.3 is 14.2 Å². The van der Waals surface area contributed by atoms with Crippen molar-refractivity contribution in [3.05, 3.63) is 66.0 Å². The number of halogens is 1. The number of rotatable bonds is 12. The molecule has 2 aromatic carbocycles. The maximum atomic E-state index is 13.6. The third kappa shape index (κ3) is 7.10. The van der Waals surface area contributed by atoms with Crippen molar-refractivity contribution in [2.24, 2.45) is 0 Å². The van der Waals surface area contributed by atoms with Crippen molar-refractivity contribution in [2.75, 3.05) is 17.5 Å². The lowest BCUT2D eigenvalue weighted by molar-refractivity contribution is 0.0964. The lowest BCUT2D eigenvalue weighted by atomic mass is 10.0. The molecule has 0 aliphatic heterocycles. The molecule has 222 valence electrons. The Morgan fingerprint density at radius 2 is 1.88 bits per heavy atom. The Hall–Kier alpha value is -2.95. The predicted octanol–water partition coefficient (Wildman–Crippen LogP) is 7.57. The lowest BCUT2D eigenvalue weighted by Crippen LogP contribution is -2.43. The number of carbonyl (C=O) groups is 1. The topological polar surface area (TPSA) is 97.6 Å². The van der Waals surface area contributed by atoms with Crippen molar-refractivity contribution in [2.45, 2.75) is 76.6 Å². The average Bonchev–Trinajstić information content (AvgIpc) is 3.67. The zero-order chi connectivity index (χ0) is 30.2. The van der Waals surface area contributed by atoms with Gasteiger partial charge in [0, 0.05) is 24.1 Å². The van der Waals surface area contributed by atoms with E-state index in [2.05, 4.69) is 50.5 Å². The summed E-state index contributed by atoms with van der Waals surface area (Å²) in [6.45, 7) is 14.7. The normalized spacial score (nSPS) is 15.1. The molecule has 1 atom stereocenters. The molecule has 1 aliphatic rings. The molecule has 1 heterocycles. The minimum Gasteiger partial charge on any atom is -0.455 e. The summed E-state index contributed by atoms with van der Waals surface area (Å²) in [6.07, 6.45) is 4.39. The largest absolute Gasteiger partial charge is 0.455 e. The van der Waals surface area contributed by atoms with Crippen molar-refractivity contribution in [1.82, 2.24) is 5.32 Å². The molecule has 1 aromatic heterocycles. The van der Waals surface area contributed by atoms with Gasteiger partial charge in [0.05, 0.1) is 23.1 Å². The lowest BCUT2D eigenvalue weighted by Gasteiger charge is -2.38. The SMILES string of the molecule is C=CC(CCCS(=O)(=O)Nc1cc2oc(-c3ccc(F)cc3)c(C(=O)NC)c2cc1C1CC1)O[Si](C)(C)C(C)(C)C. The Bertz CT molecular complexity index is 1540. The van der Waals surface area contributed by atoms with E-state index in [0.717, 1.165) is 18.4 Å². The fourth-order valence-electron chi connectivity index (χ4n) is 4.61. The van der Waals surface area contributed by atoms with Gasteiger partial charge in [-0.25, -0.2) is 12.8 Å². The molecule has 7 nitrogen and oxygen atoms in total. The Balaban J connectivity index is 1.59. The summed E-state index contributed by atoms with van der Waals surface area (Å²) in [6, 6.07) is 9.23. The predicted molar refractivity (Wildman–Crippen MR) is 166 cm³/mol. The minimum atomic E-state index is -3.68. The summed E-state index contributed by atoms with van der Waals surface area (Å²) >= 11 is 0. The molecule has 10 heteroatoms. The Kier molecular flexibility index (Phi) is 8.87. The first-order chi connectivity index (χ1) is 19.2. The van der Waals surface area contributed by atoms with Crippen LogP contribution in [0.15, 0.2) is 53.5 Å². The molecular weight excluding hydrogens is 560 g/mol. The highest BCUT2D eigenvalue weighted by atomic mass is 32.2. The fourth-order valence-corrected chi connectivity index (χ4v) is 7.09. The molecule has 4 rings (SSSR count). The monoisotopic (exact) mass is 600 g/mol. The Morgan fingerprint density at radius 1 is 1.22 bits per heavy atom. The number of anilines is 1. The average molecular weight is 601 g/mol. The second-order valence-corrected chi connectivity index (χ2v) is 18.9. The van der Waals surface area contributed by atoms with Gasteiger partial charge in [0.25, 0.3) is 5.91 Å². The van der Waals surface area contributed by atoms with Crippen LogP contribution in [0.4, 0.5) is 10.1 Å². The molecule has 0 radical (unpaired) electrons. The van der Waals surface area contributed by atoms with Crippen molar-refractivity contribution in [1.29, 1.82) is 0 Å². The molecule has 2 N–H and O–H groups in total. The number of amides is 1. The van der Waals surface area contributed by atoms with Gasteiger partial charge >= 0.3 is 0 Å². The maximum absolute atomic E-state index is 13.6. The highest BCUT2D eigenvalue weighted by Gasteiger charge is 2.38. The number of sulfonamides is 1. The molecule has 1 unspecified atom stereocenters. The third-order valence-corrected chi connectivity index (χ3v) is 14.0. The number of nitrogens with one attached hydrogen (secondary N) is 2. The molecule has 1 amide bonds. The number of carbonyl (C=O) groups excluding carboxylic acids is 1. The standard InChI is InChI=1S/C31H41FN2O5SSi/c1-8-23(39-41(6,7)31(2,3)4)10-9-17-40(36,37)34-26-19-27-25(18-24(26)20-11-12-20)28(30(35)33-5)29(38-27)21-13-15-22(32)16-14-21/h8,13-16,18-20,23,34H,1,9-12,17H2,2-7H3,(H,33,35). The van der Waals surface area contributed by atoms with Crippen molar-refractivity contribution < 1.29 is 26.4 Å². The van der Waals surface area contributed by atoms with E-state index < -0.39 is 24.2 Å². The van der Waals surface area contributed by atoms with Crippen molar-refractivity contribution in [3.63, 3.8) is 0 Å². The van der Waals surface area contributed by atoms with E-state index in [9.17, 15) is 17.6 Å². The molecule has 1 saturated carbocycles. The maximum Gasteiger partial charge on any atom is 0.255 e. The highest BCUT2D eigenvalue weighted by molar-refractivity contribution is 7.92. The van der Waals surface area contributed by atoms with Crippen LogP contribution in [-0.2, 0) is 14.4 Å². The molecule has 0 spiro atoms. The van der Waals surface area contributed by atoms with E-state index in [1.54, 1.807) is 24.3 Å². The third-order valence-electron chi connectivity index (χ3n) is 8.12. The number of benzene rings is 2. The van der Waals surface area contributed by atoms with Crippen LogP contribution in [-0.4, -0.2) is 41.5 Å². The summed E-state index contributed by atoms with van der Waals surface area (Å²) in [7, 11) is -4.16. The van der Waals surface area contributed by atoms with Crippen LogP contribution in [0.2, 0.25) is 18.1 Å². The van der Waals surface area contributed by atoms with E-state index >= 15 is 0 Å². The van der Waals surface area contributed by atoms with E-state index in [0.29, 0.717) is 46.4 Å². The van der Waals surface area contributed by atoms with Crippen LogP contribution in [0, 0.1) is 5.82 Å². The zero-order valence-electron chi connectivity index (χ0n) is 24.8. The van der Waals surface area contributed by atoms with Gasteiger partial charge in [0.1, 0.15) is 17.2 Å². The van der Waals surface area contributed by atoms with E-state index in [1.165, 1.54) is 19.2 Å². The second kappa shape index (κ2) is 11.7. The van der Waals surface area contributed by atoms with Gasteiger partial charge in [-0.2, -0.15) is 0 Å². The summed E-state index contributed by atoms with van der Waals surface area (Å²) in [5.41, 5.74) is 2.55. The van der Waals surface area contributed by atoms with Crippen LogP contribution in [0.3, 0.4) is 0 Å². The van der Waals surface area contributed by atoms with Gasteiger partial charge in [0.2, 0.25) is 10.0 Å². The van der Waals surface area contributed by atoms with Crippen LogP contribution in [0.5, 0.6) is 0 Å². The Labute approximate surface area is 243 Å². The first-order valence-corrected chi connectivity index (χ1v) is 18.6. The highest BCUT2D eigenvalue weighted by Crippen LogP contribution is 2.47. The van der Waals surface area contributed by atoms with Gasteiger partial charge in [0.15, 0.2) is 8.32 Å². The van der Waals surface area contributed by atoms with Gasteiger partial charge in [-0.05, 0) is 85.6 Å². The van der Waals surface area contributed by atoms with Gasteiger partial charge in [-0.3, -0.25) is 9.52 Å². The van der Waals surface area contributed by atoms with Crippen LogP contribution in [0.1, 0.15) is 68.3 Å². The quantitative estimate of drug-likeness (QED) is 0.165. The van der Waals surface area contributed by atoms with E-state index in [4.69, 9.17) is 8.84 Å². The molecule has 0 bridgehead atoms. The van der Waals surface area contributed by atoms with Crippen molar-refractivity contribution in [3.8, 4) is 11.3 Å². The van der Waals surface area contributed by atoms with E-state index in [-0.39, 0.29) is 28.7 Å². The number of hydrogen-bond acceptors (Lipinski definition) is 5. The van der Waals surface area contributed by atoms with Crippen LogP contribution >= 0.6 is 0 Å². The summed E-state index contributed by atoms with van der Waals surface area (Å²) in [5.74, 6) is -0.303. The zero-order valence-corrected chi connectivity index (χ0v) is 26.6. The molecule has 41 heavy (non-hydrogen) atoms. The number of furan rings is 1. The molecular formula is C31H41FN2O5SSi. The second-order valence-electron chi connectivity index (χ2n) is 12.3. The molecule has 3 aromatic rings. The minimum absolute atomic E-state index is 0.0415. The summed E-state index contributed by atoms with van der Waals surface area (Å²) in [4.78, 5) is 12.9. The Morgan fingerprint density at radius 3 is 2.44 bits per heavy atom. The van der Waals surface area contributed by atoms with Crippen LogP contribution in [0.25, 0.3) is 22.3 Å². The first kappa shape index (κ1) is 31.0. The number of fused-ring (bicyclic) bond motifs is 1. The summed E-state index contributed by atoms with van der Waals surface area (Å²) in [5, 5.41) is 3.29. The fraction of sp³-hybridized carbons (Fsp3) is 0.452. The first-order valence-electron chi connectivity index (χ1n) is 14.0. The van der Waals surface area contributed by atoms with E-state index in [1.807, 2.05) is 6.07 Å². The molecule has 1 aliphatic carbocycles. The number of hydrogen-bond donors (Lipinski definition) is 2.